The van der Waals surface area contributed by atoms with Crippen LogP contribution < -0.4 is 5.32 Å². The summed E-state index contributed by atoms with van der Waals surface area (Å²) in [7, 11) is -1.80. The largest absolute Gasteiger partial charge is 0.465 e. The molecule has 0 radical (unpaired) electrons. The number of hydrogen-bond donors (Lipinski definition) is 2. The molecule has 2 rings (SSSR count). The Bertz CT molecular complexity index is 886. The molecule has 2 atom stereocenters. The van der Waals surface area contributed by atoms with Gasteiger partial charge in [0, 0.05) is 17.5 Å². The number of ether oxygens (including phenoxy) is 1. The van der Waals surface area contributed by atoms with Crippen molar-refractivity contribution in [1.82, 2.24) is 5.32 Å². The van der Waals surface area contributed by atoms with E-state index >= 15 is 0 Å². The molecule has 1 aliphatic heterocycles. The van der Waals surface area contributed by atoms with Crippen LogP contribution in [0.15, 0.2) is 23.2 Å². The summed E-state index contributed by atoms with van der Waals surface area (Å²) in [5, 5.41) is 10.3. The third-order valence-electron chi connectivity index (χ3n) is 3.94. The monoisotopic (exact) mass is 434 g/mol. The van der Waals surface area contributed by atoms with Crippen LogP contribution in [0.4, 0.5) is 26.7 Å². The van der Waals surface area contributed by atoms with Gasteiger partial charge in [-0.15, -0.1) is 5.54 Å². The van der Waals surface area contributed by atoms with Crippen molar-refractivity contribution in [2.24, 2.45) is 4.99 Å². The molecular weight excluding hydrogens is 415 g/mol. The number of nitrogens with zero attached hydrogens (tertiary/aromatic N) is 1. The number of rotatable bonds is 2. The first kappa shape index (κ1) is 22.7. The molecule has 1 aromatic rings. The molecular formula is C18H19F5N2O3Si. The highest BCUT2D eigenvalue weighted by Gasteiger charge is 2.52. The fraction of sp³-hybridized carbons (Fsp3) is 0.444. The predicted molar refractivity (Wildman–Crippen MR) is 98.4 cm³/mol. The van der Waals surface area contributed by atoms with E-state index < -0.39 is 62.5 Å². The van der Waals surface area contributed by atoms with Gasteiger partial charge in [0.05, 0.1) is 0 Å². The third kappa shape index (κ3) is 5.69. The summed E-state index contributed by atoms with van der Waals surface area (Å²) in [6, 6.07) is 2.39. The Morgan fingerprint density at radius 3 is 2.59 bits per heavy atom. The van der Waals surface area contributed by atoms with E-state index in [4.69, 9.17) is 5.11 Å². The highest BCUT2D eigenvalue weighted by atomic mass is 28.3. The summed E-state index contributed by atoms with van der Waals surface area (Å²) >= 11 is 0. The van der Waals surface area contributed by atoms with Gasteiger partial charge in [0.2, 0.25) is 0 Å². The number of amides is 1. The molecule has 0 spiro atoms. The van der Waals surface area contributed by atoms with Crippen molar-refractivity contribution in [2.45, 2.75) is 43.9 Å². The minimum atomic E-state index is -4.95. The van der Waals surface area contributed by atoms with Crippen molar-refractivity contribution in [3.05, 3.63) is 35.1 Å². The minimum Gasteiger partial charge on any atom is -0.465 e. The minimum absolute atomic E-state index is 0.287. The van der Waals surface area contributed by atoms with E-state index in [1.165, 1.54) is 6.07 Å². The molecule has 2 N–H and O–H groups in total. The highest BCUT2D eigenvalue weighted by Crippen LogP contribution is 2.41. The number of alkyl halides is 4. The van der Waals surface area contributed by atoms with Gasteiger partial charge >= 0.3 is 12.3 Å². The summed E-state index contributed by atoms with van der Waals surface area (Å²) in [4.78, 5) is 14.5. The van der Waals surface area contributed by atoms with Crippen molar-refractivity contribution in [1.29, 1.82) is 0 Å². The lowest BCUT2D eigenvalue weighted by Gasteiger charge is -2.37. The molecule has 0 bridgehead atoms. The number of benzene rings is 1. The van der Waals surface area contributed by atoms with Crippen molar-refractivity contribution in [3.8, 4) is 11.5 Å². The number of hydrogen-bond acceptors (Lipinski definition) is 3. The molecule has 0 saturated carbocycles. The van der Waals surface area contributed by atoms with E-state index in [1.807, 2.05) is 19.6 Å². The van der Waals surface area contributed by atoms with Crippen molar-refractivity contribution in [2.75, 3.05) is 6.67 Å². The van der Waals surface area contributed by atoms with Crippen LogP contribution in [0, 0.1) is 17.3 Å². The topological polar surface area (TPSA) is 70.9 Å². The Labute approximate surface area is 165 Å². The van der Waals surface area contributed by atoms with Gasteiger partial charge in [-0.3, -0.25) is 0 Å². The van der Waals surface area contributed by atoms with E-state index in [2.05, 4.69) is 21.2 Å². The van der Waals surface area contributed by atoms with Gasteiger partial charge in [-0.1, -0.05) is 25.6 Å². The van der Waals surface area contributed by atoms with Crippen molar-refractivity contribution < 1.29 is 36.6 Å². The van der Waals surface area contributed by atoms with E-state index in [0.29, 0.717) is 0 Å². The summed E-state index contributed by atoms with van der Waals surface area (Å²) in [5.41, 5.74) is 0.539. The summed E-state index contributed by atoms with van der Waals surface area (Å²) in [5.74, 6) is 1.84. The SMILES string of the molecule is C[Si](C)(C)C#Cc1ccc(F)c([C@]2(CF)C[C@@H](C(F)(F)F)OC(NC(=O)O)=N2)c1. The van der Waals surface area contributed by atoms with Gasteiger partial charge in [-0.25, -0.2) is 23.9 Å². The molecule has 5 nitrogen and oxygen atoms in total. The average molecular weight is 434 g/mol. The Morgan fingerprint density at radius 2 is 2.07 bits per heavy atom. The maximum absolute atomic E-state index is 14.5. The fourth-order valence-corrected chi connectivity index (χ4v) is 3.15. The van der Waals surface area contributed by atoms with Gasteiger partial charge in [0.1, 0.15) is 26.1 Å². The van der Waals surface area contributed by atoms with E-state index in [1.54, 1.807) is 5.32 Å². The van der Waals surface area contributed by atoms with Crippen molar-refractivity contribution in [3.63, 3.8) is 0 Å². The lowest BCUT2D eigenvalue weighted by molar-refractivity contribution is -0.209. The Morgan fingerprint density at radius 1 is 1.41 bits per heavy atom. The lowest BCUT2D eigenvalue weighted by Crippen LogP contribution is -2.50. The third-order valence-corrected chi connectivity index (χ3v) is 4.82. The Kier molecular flexibility index (Phi) is 6.27. The zero-order chi connectivity index (χ0) is 22.0. The van der Waals surface area contributed by atoms with Gasteiger partial charge in [0.25, 0.3) is 6.02 Å². The number of carbonyl (C=O) groups is 1. The fourth-order valence-electron chi connectivity index (χ4n) is 2.63. The second-order valence-electron chi connectivity index (χ2n) is 7.56. The highest BCUT2D eigenvalue weighted by molar-refractivity contribution is 6.83. The first-order valence-electron chi connectivity index (χ1n) is 8.48. The second-order valence-corrected chi connectivity index (χ2v) is 12.3. The second kappa shape index (κ2) is 8.02. The maximum atomic E-state index is 14.5. The molecule has 1 heterocycles. The lowest BCUT2D eigenvalue weighted by atomic mass is 9.84. The molecule has 1 amide bonds. The summed E-state index contributed by atoms with van der Waals surface area (Å²) in [6.45, 7) is 4.39. The van der Waals surface area contributed by atoms with Crippen LogP contribution in [0.2, 0.25) is 19.6 Å². The predicted octanol–water partition coefficient (Wildman–Crippen LogP) is 4.19. The van der Waals surface area contributed by atoms with Gasteiger partial charge in [-0.2, -0.15) is 13.2 Å². The molecule has 0 aliphatic carbocycles. The molecule has 158 valence electrons. The molecule has 1 aliphatic rings. The number of aliphatic imine (C=N–C) groups is 1. The smallest absolute Gasteiger partial charge is 0.425 e. The molecule has 1 aromatic carbocycles. The van der Waals surface area contributed by atoms with E-state index in [-0.39, 0.29) is 5.56 Å². The molecule has 0 unspecified atom stereocenters. The zero-order valence-corrected chi connectivity index (χ0v) is 16.8. The Balaban J connectivity index is 2.62. The number of nitrogens with one attached hydrogen (secondary N) is 1. The number of carboxylic acid groups (broad SMARTS) is 1. The van der Waals surface area contributed by atoms with Gasteiger partial charge in [-0.05, 0) is 18.2 Å². The first-order chi connectivity index (χ1) is 13.3. The standard InChI is InChI=1S/C18H19F5N2O3Si/c1-29(2,3)7-6-11-4-5-13(20)12(8-11)17(10-19)9-14(18(21,22)23)28-15(25-17)24-16(26)27/h4-5,8,14H,9-10H2,1-3H3,(H,24,25)(H,26,27)/t14-,17+/m0/s1. The molecule has 0 fully saturated rings. The van der Waals surface area contributed by atoms with Crippen LogP contribution in [-0.2, 0) is 10.3 Å². The Hall–Kier alpha value is -2.61. The summed E-state index contributed by atoms with van der Waals surface area (Å²) in [6.07, 6.45) is -10.3. The summed E-state index contributed by atoms with van der Waals surface area (Å²) < 4.78 is 73.0. The van der Waals surface area contributed by atoms with Crippen LogP contribution in [0.5, 0.6) is 0 Å². The number of amidine groups is 1. The van der Waals surface area contributed by atoms with Crippen LogP contribution in [0.3, 0.4) is 0 Å². The van der Waals surface area contributed by atoms with E-state index in [9.17, 15) is 26.7 Å². The molecule has 29 heavy (non-hydrogen) atoms. The normalized spacial score (nSPS) is 22.1. The number of halogens is 5. The van der Waals surface area contributed by atoms with Crippen molar-refractivity contribution >= 4 is 20.2 Å². The molecule has 0 saturated heterocycles. The average Bonchev–Trinajstić information content (AvgIpc) is 2.58. The quantitative estimate of drug-likeness (QED) is 0.417. The van der Waals surface area contributed by atoms with E-state index in [0.717, 1.165) is 12.1 Å². The van der Waals surface area contributed by atoms with Crippen LogP contribution in [0.1, 0.15) is 17.5 Å². The molecule has 0 aromatic heterocycles. The van der Waals surface area contributed by atoms with Gasteiger partial charge < -0.3 is 9.84 Å². The van der Waals surface area contributed by atoms with Crippen LogP contribution >= 0.6 is 0 Å². The van der Waals surface area contributed by atoms with Gasteiger partial charge in [0.15, 0.2) is 6.10 Å². The van der Waals surface area contributed by atoms with Crippen LogP contribution in [0.25, 0.3) is 0 Å². The maximum Gasteiger partial charge on any atom is 0.425 e. The zero-order valence-electron chi connectivity index (χ0n) is 15.8. The first-order valence-corrected chi connectivity index (χ1v) is 12.0. The molecule has 11 heteroatoms. The van der Waals surface area contributed by atoms with Crippen LogP contribution in [-0.4, -0.2) is 44.3 Å².